The fraction of sp³-hybridized carbons (Fsp3) is 0.700. The van der Waals surface area contributed by atoms with E-state index in [9.17, 15) is 19.5 Å². The number of aromatic hydroxyl groups is 1. The van der Waals surface area contributed by atoms with Crippen molar-refractivity contribution in [2.75, 3.05) is 0 Å². The van der Waals surface area contributed by atoms with Crippen molar-refractivity contribution in [3.63, 3.8) is 0 Å². The van der Waals surface area contributed by atoms with E-state index in [1.165, 1.54) is 0 Å². The number of ether oxygens (including phenoxy) is 1. The van der Waals surface area contributed by atoms with Crippen LogP contribution in [0.15, 0.2) is 18.2 Å². The summed E-state index contributed by atoms with van der Waals surface area (Å²) in [6.45, 7) is 22.6. The Kier molecular flexibility index (Phi) is 11.7. The second kappa shape index (κ2) is 13.3. The maximum absolute atomic E-state index is 14.3. The Hall–Kier alpha value is -2.77. The molecule has 0 radical (unpaired) electrons. The highest BCUT2D eigenvalue weighted by atomic mass is 16.6. The molecule has 0 heterocycles. The minimum Gasteiger partial charge on any atom is -0.508 e. The average molecular weight is 534 g/mol. The van der Waals surface area contributed by atoms with E-state index >= 15 is 0 Å². The van der Waals surface area contributed by atoms with Gasteiger partial charge in [0.15, 0.2) is 0 Å². The van der Waals surface area contributed by atoms with Gasteiger partial charge in [0.05, 0.1) is 0 Å². The van der Waals surface area contributed by atoms with Crippen molar-refractivity contribution in [2.24, 2.45) is 11.8 Å². The first kappa shape index (κ1) is 33.3. The Bertz CT molecular complexity index is 960. The van der Waals surface area contributed by atoms with Crippen LogP contribution in [0, 0.1) is 18.8 Å². The maximum Gasteiger partial charge on any atom is 0.408 e. The molecule has 0 aliphatic heterocycles. The second-order valence-corrected chi connectivity index (χ2v) is 13.1. The van der Waals surface area contributed by atoms with E-state index in [4.69, 9.17) is 4.74 Å². The fourth-order valence-corrected chi connectivity index (χ4v) is 4.15. The van der Waals surface area contributed by atoms with Gasteiger partial charge in [-0.2, -0.15) is 0 Å². The quantitative estimate of drug-likeness (QED) is 0.349. The molecule has 0 spiro atoms. The summed E-state index contributed by atoms with van der Waals surface area (Å²) in [5.74, 6) is -0.425. The van der Waals surface area contributed by atoms with Crippen LogP contribution >= 0.6 is 0 Å². The molecule has 0 fully saturated rings. The summed E-state index contributed by atoms with van der Waals surface area (Å²) in [5.41, 5.74) is -0.0711. The summed E-state index contributed by atoms with van der Waals surface area (Å²) >= 11 is 0. The van der Waals surface area contributed by atoms with Gasteiger partial charge in [-0.05, 0) is 103 Å². The number of carbonyl (C=O) groups is 3. The Morgan fingerprint density at radius 3 is 2.00 bits per heavy atom. The lowest BCUT2D eigenvalue weighted by atomic mass is 9.93. The average Bonchev–Trinajstić information content (AvgIpc) is 2.73. The minimum atomic E-state index is -0.968. The van der Waals surface area contributed by atoms with Crippen LogP contribution < -0.4 is 10.6 Å². The van der Waals surface area contributed by atoms with E-state index in [1.807, 2.05) is 41.5 Å². The van der Waals surface area contributed by atoms with E-state index < -0.39 is 29.3 Å². The predicted octanol–water partition coefficient (Wildman–Crippen LogP) is 5.86. The van der Waals surface area contributed by atoms with E-state index in [2.05, 4.69) is 24.5 Å². The molecule has 1 aromatic rings. The molecule has 3 atom stereocenters. The highest BCUT2D eigenvalue weighted by Gasteiger charge is 2.40. The molecule has 3 N–H and O–H groups in total. The van der Waals surface area contributed by atoms with Gasteiger partial charge in [-0.1, -0.05) is 33.8 Å². The number of carbonyl (C=O) groups excluding carboxylic acids is 3. The number of amides is 3. The Labute approximate surface area is 229 Å². The van der Waals surface area contributed by atoms with Crippen molar-refractivity contribution >= 4 is 17.9 Å². The number of hydrogen-bond donors (Lipinski definition) is 3. The highest BCUT2D eigenvalue weighted by molar-refractivity contribution is 5.92. The molecule has 0 saturated carbocycles. The number of aryl methyl sites for hydroxylation is 1. The molecule has 8 nitrogen and oxygen atoms in total. The molecule has 1 rings (SSSR count). The molecule has 0 aliphatic carbocycles. The summed E-state index contributed by atoms with van der Waals surface area (Å²) in [7, 11) is 0. The number of nitrogens with zero attached hydrogens (tertiary/aromatic N) is 1. The van der Waals surface area contributed by atoms with Crippen molar-refractivity contribution in [3.8, 4) is 5.75 Å². The second-order valence-electron chi connectivity index (χ2n) is 13.1. The van der Waals surface area contributed by atoms with Crippen molar-refractivity contribution in [2.45, 2.75) is 125 Å². The maximum atomic E-state index is 14.3. The standard InChI is InChI=1S/C30H51N3O5/c1-18(2)13-14-21(6)33(27(36)24(19(3)4)31-28(37)38-30(10,11)12)25(26(35)32-29(7,8)9)22-15-16-23(34)20(5)17-22/h15-19,21,24-25,34H,13-14H2,1-12H3,(H,31,37)(H,32,35). The summed E-state index contributed by atoms with van der Waals surface area (Å²) in [6, 6.07) is 2.78. The van der Waals surface area contributed by atoms with Gasteiger partial charge in [-0.15, -0.1) is 0 Å². The molecule has 3 unspecified atom stereocenters. The van der Waals surface area contributed by atoms with Crippen LogP contribution in [0.4, 0.5) is 4.79 Å². The van der Waals surface area contributed by atoms with Gasteiger partial charge < -0.3 is 25.4 Å². The summed E-state index contributed by atoms with van der Waals surface area (Å²) in [6.07, 6.45) is 0.853. The number of hydrogen-bond acceptors (Lipinski definition) is 5. The molecular formula is C30H51N3O5. The zero-order valence-electron chi connectivity index (χ0n) is 25.6. The van der Waals surface area contributed by atoms with Crippen LogP contribution in [-0.4, -0.2) is 51.1 Å². The molecular weight excluding hydrogens is 482 g/mol. The van der Waals surface area contributed by atoms with Crippen molar-refractivity contribution in [1.82, 2.24) is 15.5 Å². The van der Waals surface area contributed by atoms with Gasteiger partial charge in [0.2, 0.25) is 11.8 Å². The molecule has 38 heavy (non-hydrogen) atoms. The topological polar surface area (TPSA) is 108 Å². The van der Waals surface area contributed by atoms with Gasteiger partial charge in [-0.3, -0.25) is 9.59 Å². The molecule has 1 aromatic carbocycles. The van der Waals surface area contributed by atoms with Crippen LogP contribution in [0.2, 0.25) is 0 Å². The summed E-state index contributed by atoms with van der Waals surface area (Å²) in [5, 5.41) is 16.0. The first-order valence-electron chi connectivity index (χ1n) is 13.7. The molecule has 3 amide bonds. The Morgan fingerprint density at radius 1 is 0.974 bits per heavy atom. The van der Waals surface area contributed by atoms with Crippen LogP contribution in [0.5, 0.6) is 5.75 Å². The first-order chi connectivity index (χ1) is 17.2. The molecule has 0 aromatic heterocycles. The summed E-state index contributed by atoms with van der Waals surface area (Å²) in [4.78, 5) is 42.5. The predicted molar refractivity (Wildman–Crippen MR) is 152 cm³/mol. The zero-order chi connectivity index (χ0) is 29.6. The van der Waals surface area contributed by atoms with Crippen molar-refractivity contribution in [3.05, 3.63) is 29.3 Å². The molecule has 0 saturated heterocycles. The first-order valence-corrected chi connectivity index (χ1v) is 13.7. The zero-order valence-corrected chi connectivity index (χ0v) is 25.6. The lowest BCUT2D eigenvalue weighted by Gasteiger charge is -2.40. The third-order valence-corrected chi connectivity index (χ3v) is 6.06. The minimum absolute atomic E-state index is 0.112. The molecule has 0 aliphatic rings. The largest absolute Gasteiger partial charge is 0.508 e. The number of alkyl carbamates (subject to hydrolysis) is 1. The third kappa shape index (κ3) is 10.5. The van der Waals surface area contributed by atoms with Crippen LogP contribution in [0.25, 0.3) is 0 Å². The number of rotatable bonds is 10. The Balaban J connectivity index is 3.69. The number of benzene rings is 1. The van der Waals surface area contributed by atoms with Gasteiger partial charge in [0, 0.05) is 11.6 Å². The van der Waals surface area contributed by atoms with Gasteiger partial charge >= 0.3 is 6.09 Å². The molecule has 0 bridgehead atoms. The monoisotopic (exact) mass is 533 g/mol. The number of nitrogens with one attached hydrogen (secondary N) is 2. The lowest BCUT2D eigenvalue weighted by Crippen LogP contribution is -2.58. The van der Waals surface area contributed by atoms with E-state index in [-0.39, 0.29) is 29.5 Å². The molecule has 8 heteroatoms. The molecule has 216 valence electrons. The van der Waals surface area contributed by atoms with Gasteiger partial charge in [0.25, 0.3) is 0 Å². The van der Waals surface area contributed by atoms with Gasteiger partial charge in [-0.25, -0.2) is 4.79 Å². The highest BCUT2D eigenvalue weighted by Crippen LogP contribution is 2.31. The third-order valence-electron chi connectivity index (χ3n) is 6.06. The van der Waals surface area contributed by atoms with Crippen LogP contribution in [0.1, 0.15) is 106 Å². The smallest absolute Gasteiger partial charge is 0.408 e. The van der Waals surface area contributed by atoms with Crippen molar-refractivity contribution in [1.29, 1.82) is 0 Å². The Morgan fingerprint density at radius 2 is 1.55 bits per heavy atom. The summed E-state index contributed by atoms with van der Waals surface area (Å²) < 4.78 is 5.45. The van der Waals surface area contributed by atoms with Crippen LogP contribution in [-0.2, 0) is 14.3 Å². The number of phenolic OH excluding ortho intramolecular Hbond substituents is 1. The van der Waals surface area contributed by atoms with Gasteiger partial charge in [0.1, 0.15) is 23.4 Å². The fourth-order valence-electron chi connectivity index (χ4n) is 4.15. The van der Waals surface area contributed by atoms with Crippen molar-refractivity contribution < 1.29 is 24.2 Å². The van der Waals surface area contributed by atoms with E-state index in [0.717, 1.165) is 6.42 Å². The van der Waals surface area contributed by atoms with E-state index in [1.54, 1.807) is 50.8 Å². The number of phenols is 1. The van der Waals surface area contributed by atoms with E-state index in [0.29, 0.717) is 23.5 Å². The lowest BCUT2D eigenvalue weighted by molar-refractivity contribution is -0.146. The normalized spacial score (nSPS) is 14.6. The van der Waals surface area contributed by atoms with Crippen LogP contribution in [0.3, 0.4) is 0 Å². The SMILES string of the molecule is Cc1cc(C(C(=O)NC(C)(C)C)N(C(=O)C(NC(=O)OC(C)(C)C)C(C)C)C(C)CCC(C)C)ccc1O.